The maximum atomic E-state index is 11.9. The molecule has 106 valence electrons. The Bertz CT molecular complexity index is 600. The van der Waals surface area contributed by atoms with Crippen LogP contribution in [-0.2, 0) is 4.79 Å². The minimum atomic E-state index is -0.0850. The zero-order valence-electron chi connectivity index (χ0n) is 11.3. The number of hydrogen-bond acceptors (Lipinski definition) is 4. The third-order valence-corrected chi connectivity index (χ3v) is 4.06. The molecule has 1 aromatic heterocycles. The Kier molecular flexibility index (Phi) is 5.28. The number of anilines is 1. The summed E-state index contributed by atoms with van der Waals surface area (Å²) in [5.41, 5.74) is 1.90. The van der Waals surface area contributed by atoms with E-state index in [-0.39, 0.29) is 11.8 Å². The van der Waals surface area contributed by atoms with Gasteiger partial charge in [0.1, 0.15) is 0 Å². The van der Waals surface area contributed by atoms with Crippen LogP contribution < -0.4 is 10.6 Å². The van der Waals surface area contributed by atoms with Crippen molar-refractivity contribution in [1.82, 2.24) is 10.3 Å². The lowest BCUT2D eigenvalue weighted by Crippen LogP contribution is -2.28. The van der Waals surface area contributed by atoms with E-state index in [9.17, 15) is 4.79 Å². The minimum absolute atomic E-state index is 0.0190. The number of halogens is 1. The lowest BCUT2D eigenvalue weighted by molar-refractivity contribution is -0.119. The second kappa shape index (κ2) is 6.97. The molecule has 2 rings (SSSR count). The number of nitrogens with one attached hydrogen (secondary N) is 2. The summed E-state index contributed by atoms with van der Waals surface area (Å²) in [4.78, 5) is 16.4. The van der Waals surface area contributed by atoms with Crippen molar-refractivity contribution in [2.24, 2.45) is 5.92 Å². The molecular formula is C14H16BrN3OS. The highest BCUT2D eigenvalue weighted by Crippen LogP contribution is 2.27. The van der Waals surface area contributed by atoms with Crippen LogP contribution in [0.2, 0.25) is 0 Å². The van der Waals surface area contributed by atoms with Gasteiger partial charge in [0.25, 0.3) is 0 Å². The van der Waals surface area contributed by atoms with Gasteiger partial charge in [-0.25, -0.2) is 4.98 Å². The number of amides is 1. The molecule has 4 nitrogen and oxygen atoms in total. The van der Waals surface area contributed by atoms with Crippen LogP contribution in [0.5, 0.6) is 0 Å². The van der Waals surface area contributed by atoms with Crippen LogP contribution in [0.3, 0.4) is 0 Å². The van der Waals surface area contributed by atoms with Crippen LogP contribution in [0.1, 0.15) is 6.92 Å². The molecule has 20 heavy (non-hydrogen) atoms. The largest absolute Gasteiger partial charge is 0.319 e. The lowest BCUT2D eigenvalue weighted by atomic mass is 10.1. The molecule has 0 bridgehead atoms. The number of hydrogen-bond donors (Lipinski definition) is 2. The van der Waals surface area contributed by atoms with Crippen LogP contribution in [0.15, 0.2) is 34.1 Å². The molecule has 0 aliphatic carbocycles. The Morgan fingerprint density at radius 2 is 2.30 bits per heavy atom. The van der Waals surface area contributed by atoms with Crippen molar-refractivity contribution in [2.75, 3.05) is 18.9 Å². The van der Waals surface area contributed by atoms with Gasteiger partial charge in [0.2, 0.25) is 5.91 Å². The maximum absolute atomic E-state index is 11.9. The lowest BCUT2D eigenvalue weighted by Gasteiger charge is -2.09. The molecule has 0 aliphatic rings. The SMILES string of the molecule is CNCC(C)C(=O)Nc1nc(-c2cccc(Br)c2)cs1. The topological polar surface area (TPSA) is 54.0 Å². The van der Waals surface area contributed by atoms with Gasteiger partial charge in [0, 0.05) is 27.9 Å². The molecule has 6 heteroatoms. The molecule has 0 fully saturated rings. The summed E-state index contributed by atoms with van der Waals surface area (Å²) in [6.07, 6.45) is 0. The zero-order valence-corrected chi connectivity index (χ0v) is 13.7. The molecule has 1 heterocycles. The molecule has 0 aliphatic heterocycles. The predicted octanol–water partition coefficient (Wildman–Crippen LogP) is 3.37. The average molecular weight is 354 g/mol. The van der Waals surface area contributed by atoms with Crippen molar-refractivity contribution in [3.05, 3.63) is 34.1 Å². The molecule has 1 amide bonds. The summed E-state index contributed by atoms with van der Waals surface area (Å²) in [5, 5.41) is 8.41. The van der Waals surface area contributed by atoms with E-state index in [0.717, 1.165) is 15.7 Å². The number of rotatable bonds is 5. The van der Waals surface area contributed by atoms with Crippen LogP contribution in [0.25, 0.3) is 11.3 Å². The summed E-state index contributed by atoms with van der Waals surface area (Å²) < 4.78 is 1.01. The van der Waals surface area contributed by atoms with E-state index in [4.69, 9.17) is 0 Å². The van der Waals surface area contributed by atoms with E-state index in [0.29, 0.717) is 11.7 Å². The molecular weight excluding hydrogens is 338 g/mol. The van der Waals surface area contributed by atoms with Crippen molar-refractivity contribution in [3.63, 3.8) is 0 Å². The van der Waals surface area contributed by atoms with Crippen molar-refractivity contribution in [1.29, 1.82) is 0 Å². The van der Waals surface area contributed by atoms with E-state index in [1.807, 2.05) is 43.6 Å². The number of carbonyl (C=O) groups excluding carboxylic acids is 1. The van der Waals surface area contributed by atoms with Crippen molar-refractivity contribution in [2.45, 2.75) is 6.92 Å². The van der Waals surface area contributed by atoms with E-state index >= 15 is 0 Å². The monoisotopic (exact) mass is 353 g/mol. The molecule has 0 radical (unpaired) electrons. The number of benzene rings is 1. The fraction of sp³-hybridized carbons (Fsp3) is 0.286. The Hall–Kier alpha value is -1.24. The summed E-state index contributed by atoms with van der Waals surface area (Å²) >= 11 is 4.88. The van der Waals surface area contributed by atoms with Crippen molar-refractivity contribution >= 4 is 38.3 Å². The van der Waals surface area contributed by atoms with Gasteiger partial charge >= 0.3 is 0 Å². The second-order valence-corrected chi connectivity index (χ2v) is 6.27. The van der Waals surface area contributed by atoms with Gasteiger partial charge in [0.15, 0.2) is 5.13 Å². The standard InChI is InChI=1S/C14H16BrN3OS/c1-9(7-16-2)13(19)18-14-17-12(8-20-14)10-4-3-5-11(15)6-10/h3-6,8-9,16H,7H2,1-2H3,(H,17,18,19). The fourth-order valence-electron chi connectivity index (χ4n) is 1.74. The zero-order chi connectivity index (χ0) is 14.5. The summed E-state index contributed by atoms with van der Waals surface area (Å²) in [5.74, 6) is -0.104. The third-order valence-electron chi connectivity index (χ3n) is 2.81. The van der Waals surface area contributed by atoms with Gasteiger partial charge in [-0.05, 0) is 19.2 Å². The van der Waals surface area contributed by atoms with Crippen molar-refractivity contribution < 1.29 is 4.79 Å². The van der Waals surface area contributed by atoms with E-state index in [1.54, 1.807) is 0 Å². The minimum Gasteiger partial charge on any atom is -0.319 e. The first-order valence-corrected chi connectivity index (χ1v) is 7.94. The number of thiazole rings is 1. The molecule has 0 saturated heterocycles. The van der Waals surface area contributed by atoms with Crippen LogP contribution in [0.4, 0.5) is 5.13 Å². The third kappa shape index (κ3) is 3.88. The molecule has 0 spiro atoms. The van der Waals surface area contributed by atoms with E-state index < -0.39 is 0 Å². The quantitative estimate of drug-likeness (QED) is 0.866. The van der Waals surface area contributed by atoms with Gasteiger partial charge in [-0.1, -0.05) is 35.0 Å². The van der Waals surface area contributed by atoms with Gasteiger partial charge in [-0.15, -0.1) is 11.3 Å². The Balaban J connectivity index is 2.08. The molecule has 0 saturated carbocycles. The van der Waals surface area contributed by atoms with Gasteiger partial charge in [-0.2, -0.15) is 0 Å². The normalized spacial score (nSPS) is 12.2. The van der Waals surface area contributed by atoms with E-state index in [2.05, 4.69) is 31.5 Å². The highest BCUT2D eigenvalue weighted by Gasteiger charge is 2.14. The maximum Gasteiger partial charge on any atom is 0.230 e. The van der Waals surface area contributed by atoms with Crippen LogP contribution in [-0.4, -0.2) is 24.5 Å². The van der Waals surface area contributed by atoms with Crippen molar-refractivity contribution in [3.8, 4) is 11.3 Å². The number of carbonyl (C=O) groups is 1. The number of nitrogens with zero attached hydrogens (tertiary/aromatic N) is 1. The van der Waals surface area contributed by atoms with Gasteiger partial charge in [0.05, 0.1) is 5.69 Å². The Labute approximate surface area is 130 Å². The molecule has 1 aromatic carbocycles. The van der Waals surface area contributed by atoms with Crippen LogP contribution in [0, 0.1) is 5.92 Å². The highest BCUT2D eigenvalue weighted by atomic mass is 79.9. The molecule has 2 N–H and O–H groups in total. The Morgan fingerprint density at radius 1 is 1.50 bits per heavy atom. The first kappa shape index (κ1) is 15.2. The first-order chi connectivity index (χ1) is 9.60. The predicted molar refractivity (Wildman–Crippen MR) is 87.0 cm³/mol. The second-order valence-electron chi connectivity index (χ2n) is 4.50. The first-order valence-electron chi connectivity index (χ1n) is 6.27. The van der Waals surface area contributed by atoms with E-state index in [1.165, 1.54) is 11.3 Å². The van der Waals surface area contributed by atoms with Crippen LogP contribution >= 0.6 is 27.3 Å². The number of aromatic nitrogens is 1. The molecule has 1 unspecified atom stereocenters. The van der Waals surface area contributed by atoms with Gasteiger partial charge in [-0.3, -0.25) is 4.79 Å². The smallest absolute Gasteiger partial charge is 0.230 e. The summed E-state index contributed by atoms with van der Waals surface area (Å²) in [6.45, 7) is 2.53. The summed E-state index contributed by atoms with van der Waals surface area (Å²) in [6, 6.07) is 7.93. The average Bonchev–Trinajstić information content (AvgIpc) is 2.87. The highest BCUT2D eigenvalue weighted by molar-refractivity contribution is 9.10. The molecule has 1 atom stereocenters. The molecule has 2 aromatic rings. The Morgan fingerprint density at radius 3 is 3.00 bits per heavy atom. The fourth-order valence-corrected chi connectivity index (χ4v) is 2.86. The summed E-state index contributed by atoms with van der Waals surface area (Å²) in [7, 11) is 1.83. The van der Waals surface area contributed by atoms with Gasteiger partial charge < -0.3 is 10.6 Å².